The Morgan fingerprint density at radius 1 is 1.73 bits per heavy atom. The molecule has 11 heavy (non-hydrogen) atoms. The number of hydrogen-bond acceptors (Lipinski definition) is 4. The minimum Gasteiger partial charge on any atom is -0.348 e. The van der Waals surface area contributed by atoms with Gasteiger partial charge in [-0.3, -0.25) is 4.55 Å². The van der Waals surface area contributed by atoms with Crippen molar-refractivity contribution < 1.29 is 21.9 Å². The summed E-state index contributed by atoms with van der Waals surface area (Å²) in [5.41, 5.74) is 0. The van der Waals surface area contributed by atoms with Gasteiger partial charge in [0.1, 0.15) is 0 Å². The molecule has 0 aromatic rings. The van der Waals surface area contributed by atoms with E-state index < -0.39 is 16.7 Å². The van der Waals surface area contributed by atoms with Crippen LogP contribution >= 0.6 is 0 Å². The third-order valence-electron chi connectivity index (χ3n) is 0.740. The first-order valence-corrected chi connectivity index (χ1v) is 4.26. The first-order valence-electron chi connectivity index (χ1n) is 2.89. The molecule has 0 aromatic heterocycles. The summed E-state index contributed by atoms with van der Waals surface area (Å²) in [5.74, 6) is 0. The lowest BCUT2D eigenvalue weighted by atomic mass is 10.6. The van der Waals surface area contributed by atoms with Crippen LogP contribution in [0.4, 0.5) is 0 Å². The molecule has 0 aromatic carbocycles. The fraction of sp³-hybridized carbons (Fsp3) is 0.600. The lowest BCUT2D eigenvalue weighted by Gasteiger charge is -2.09. The molecule has 0 spiro atoms. The van der Waals surface area contributed by atoms with Crippen molar-refractivity contribution in [2.24, 2.45) is 0 Å². The number of ether oxygens (including phenoxy) is 1. The van der Waals surface area contributed by atoms with Crippen LogP contribution in [0.5, 0.6) is 0 Å². The van der Waals surface area contributed by atoms with Gasteiger partial charge in [0, 0.05) is 6.61 Å². The van der Waals surface area contributed by atoms with Crippen molar-refractivity contribution in [1.29, 1.82) is 0 Å². The Labute approximate surface area is 65.6 Å². The lowest BCUT2D eigenvalue weighted by Crippen LogP contribution is -2.18. The second-order valence-corrected chi connectivity index (χ2v) is 2.63. The van der Waals surface area contributed by atoms with Crippen molar-refractivity contribution in [2.75, 3.05) is 6.61 Å². The van der Waals surface area contributed by atoms with E-state index in [4.69, 9.17) is 4.55 Å². The monoisotopic (exact) mass is 182 g/mol. The maximum atomic E-state index is 10.1. The van der Waals surface area contributed by atoms with Gasteiger partial charge < -0.3 is 4.74 Å². The average molecular weight is 182 g/mol. The van der Waals surface area contributed by atoms with Gasteiger partial charge in [-0.05, 0) is 13.0 Å². The van der Waals surface area contributed by atoms with Crippen molar-refractivity contribution in [3.05, 3.63) is 12.7 Å². The fourth-order valence-corrected chi connectivity index (χ4v) is 0.793. The Morgan fingerprint density at radius 2 is 2.27 bits per heavy atom. The minimum atomic E-state index is -4.45. The Bertz CT molecular complexity index is 207. The summed E-state index contributed by atoms with van der Waals surface area (Å²) in [4.78, 5) is 0. The summed E-state index contributed by atoms with van der Waals surface area (Å²) >= 11 is 0. The Hall–Kier alpha value is -0.430. The van der Waals surface area contributed by atoms with E-state index in [1.54, 1.807) is 6.92 Å². The molecule has 66 valence electrons. The van der Waals surface area contributed by atoms with E-state index in [0.29, 0.717) is 0 Å². The molecular formula is C5H10O5S. The SMILES string of the molecule is C=CC(OCC)OS(=O)(=O)O. The molecule has 0 aliphatic carbocycles. The lowest BCUT2D eigenvalue weighted by molar-refractivity contribution is -0.0415. The molecule has 0 fully saturated rings. The molecule has 0 radical (unpaired) electrons. The van der Waals surface area contributed by atoms with Gasteiger partial charge in [0.25, 0.3) is 0 Å². The molecule has 0 saturated heterocycles. The van der Waals surface area contributed by atoms with Gasteiger partial charge in [-0.1, -0.05) is 6.58 Å². The summed E-state index contributed by atoms with van der Waals surface area (Å²) in [6.07, 6.45) is 0.00655. The van der Waals surface area contributed by atoms with Gasteiger partial charge in [-0.2, -0.15) is 8.42 Å². The van der Waals surface area contributed by atoms with Crippen LogP contribution in [-0.4, -0.2) is 25.9 Å². The molecule has 6 heteroatoms. The van der Waals surface area contributed by atoms with Crippen molar-refractivity contribution in [1.82, 2.24) is 0 Å². The summed E-state index contributed by atoms with van der Waals surface area (Å²) in [6, 6.07) is 0. The minimum absolute atomic E-state index is 0.270. The molecule has 1 atom stereocenters. The summed E-state index contributed by atoms with van der Waals surface area (Å²) in [7, 11) is -4.45. The zero-order valence-corrected chi connectivity index (χ0v) is 6.87. The van der Waals surface area contributed by atoms with Crippen LogP contribution in [0.3, 0.4) is 0 Å². The third-order valence-corrected chi connectivity index (χ3v) is 1.17. The molecular weight excluding hydrogens is 172 g/mol. The highest BCUT2D eigenvalue weighted by Gasteiger charge is 2.12. The van der Waals surface area contributed by atoms with Crippen molar-refractivity contribution in [3.8, 4) is 0 Å². The predicted molar refractivity (Wildman–Crippen MR) is 38.2 cm³/mol. The second kappa shape index (κ2) is 4.45. The van der Waals surface area contributed by atoms with Crippen LogP contribution in [0.2, 0.25) is 0 Å². The first kappa shape index (κ1) is 10.6. The van der Waals surface area contributed by atoms with Crippen LogP contribution in [0.1, 0.15) is 6.92 Å². The average Bonchev–Trinajstić information content (AvgIpc) is 1.84. The standard InChI is InChI=1S/C5H10O5S/c1-3-5(9-4-2)10-11(6,7)8/h3,5H,1,4H2,2H3,(H,6,7,8). The van der Waals surface area contributed by atoms with Gasteiger partial charge >= 0.3 is 10.4 Å². The van der Waals surface area contributed by atoms with E-state index in [-0.39, 0.29) is 6.61 Å². The summed E-state index contributed by atoms with van der Waals surface area (Å²) in [6.45, 7) is 5.16. The largest absolute Gasteiger partial charge is 0.400 e. The van der Waals surface area contributed by atoms with Gasteiger partial charge in [0.05, 0.1) is 0 Å². The normalized spacial score (nSPS) is 14.4. The Morgan fingerprint density at radius 3 is 2.55 bits per heavy atom. The molecule has 0 bridgehead atoms. The highest BCUT2D eigenvalue weighted by Crippen LogP contribution is 1.99. The first-order chi connectivity index (χ1) is 4.99. The second-order valence-electron chi connectivity index (χ2n) is 1.58. The van der Waals surface area contributed by atoms with E-state index >= 15 is 0 Å². The van der Waals surface area contributed by atoms with E-state index in [2.05, 4.69) is 15.5 Å². The van der Waals surface area contributed by atoms with Crippen molar-refractivity contribution >= 4 is 10.4 Å². The van der Waals surface area contributed by atoms with Gasteiger partial charge in [0.2, 0.25) is 0 Å². The molecule has 0 amide bonds. The highest BCUT2D eigenvalue weighted by molar-refractivity contribution is 7.80. The topological polar surface area (TPSA) is 72.8 Å². The number of rotatable bonds is 5. The Kier molecular flexibility index (Phi) is 4.27. The van der Waals surface area contributed by atoms with Gasteiger partial charge in [-0.15, -0.1) is 0 Å². The third kappa shape index (κ3) is 5.99. The molecule has 1 N–H and O–H groups in total. The quantitative estimate of drug-likeness (QED) is 0.377. The van der Waals surface area contributed by atoms with Crippen molar-refractivity contribution in [2.45, 2.75) is 13.2 Å². The molecule has 5 nitrogen and oxygen atoms in total. The van der Waals surface area contributed by atoms with Crippen LogP contribution in [-0.2, 0) is 19.3 Å². The maximum absolute atomic E-state index is 10.1. The molecule has 0 aliphatic heterocycles. The highest BCUT2D eigenvalue weighted by atomic mass is 32.3. The van der Waals surface area contributed by atoms with Crippen LogP contribution in [0.25, 0.3) is 0 Å². The smallest absolute Gasteiger partial charge is 0.348 e. The molecule has 0 aliphatic rings. The van der Waals surface area contributed by atoms with E-state index in [1.807, 2.05) is 0 Å². The van der Waals surface area contributed by atoms with Crippen LogP contribution in [0, 0.1) is 0 Å². The molecule has 0 saturated carbocycles. The van der Waals surface area contributed by atoms with Gasteiger partial charge in [-0.25, -0.2) is 4.18 Å². The summed E-state index contributed by atoms with van der Waals surface area (Å²) < 4.78 is 37.0. The number of hydrogen-bond donors (Lipinski definition) is 1. The Balaban J connectivity index is 3.98. The van der Waals surface area contributed by atoms with Crippen LogP contribution < -0.4 is 0 Å². The molecule has 0 heterocycles. The fourth-order valence-electron chi connectivity index (χ4n) is 0.419. The van der Waals surface area contributed by atoms with E-state index in [1.165, 1.54) is 0 Å². The zero-order valence-electron chi connectivity index (χ0n) is 6.06. The van der Waals surface area contributed by atoms with Crippen molar-refractivity contribution in [3.63, 3.8) is 0 Å². The summed E-state index contributed by atoms with van der Waals surface area (Å²) in [5, 5.41) is 0. The maximum Gasteiger partial charge on any atom is 0.400 e. The molecule has 0 rings (SSSR count). The van der Waals surface area contributed by atoms with Crippen LogP contribution in [0.15, 0.2) is 12.7 Å². The van der Waals surface area contributed by atoms with Gasteiger partial charge in [0.15, 0.2) is 6.29 Å². The van der Waals surface area contributed by atoms with E-state index in [9.17, 15) is 8.42 Å². The predicted octanol–water partition coefficient (Wildman–Crippen LogP) is 0.354. The van der Waals surface area contributed by atoms with E-state index in [0.717, 1.165) is 6.08 Å². The molecule has 1 unspecified atom stereocenters. The zero-order chi connectivity index (χ0) is 8.91.